The SMILES string of the molecule is CC(C)c1cc(C(C)C)c(C2=C(c3c(F)c(F)nc(F)c3F)SC(F)(N3CCCCC3)S2)c(C(C)C)c1. The molecule has 0 saturated carbocycles. The van der Waals surface area contributed by atoms with E-state index >= 15 is 13.2 Å². The van der Waals surface area contributed by atoms with E-state index in [0.29, 0.717) is 35.3 Å². The molecule has 9 heteroatoms. The van der Waals surface area contributed by atoms with Gasteiger partial charge in [0, 0.05) is 22.9 Å². The highest BCUT2D eigenvalue weighted by atomic mass is 32.2. The summed E-state index contributed by atoms with van der Waals surface area (Å²) in [6, 6.07) is 4.12. The molecule has 3 heterocycles. The molecule has 202 valence electrons. The number of halogens is 5. The van der Waals surface area contributed by atoms with Crippen LogP contribution in [-0.2, 0) is 0 Å². The maximum absolute atomic E-state index is 16.8. The summed E-state index contributed by atoms with van der Waals surface area (Å²) in [4.78, 5) is 4.57. The van der Waals surface area contributed by atoms with Gasteiger partial charge < -0.3 is 0 Å². The number of alkyl halides is 1. The molecule has 0 aliphatic carbocycles. The molecule has 1 aromatic heterocycles. The van der Waals surface area contributed by atoms with E-state index in [9.17, 15) is 8.78 Å². The highest BCUT2D eigenvalue weighted by Crippen LogP contribution is 2.65. The average molecular weight is 557 g/mol. The zero-order chi connectivity index (χ0) is 27.2. The molecule has 1 unspecified atom stereocenters. The third-order valence-corrected chi connectivity index (χ3v) is 9.85. The van der Waals surface area contributed by atoms with Crippen molar-refractivity contribution in [2.45, 2.75) is 83.0 Å². The van der Waals surface area contributed by atoms with Crippen LogP contribution in [0.1, 0.15) is 106 Å². The largest absolute Gasteiger partial charge is 0.267 e. The van der Waals surface area contributed by atoms with Crippen molar-refractivity contribution in [2.75, 3.05) is 13.1 Å². The Morgan fingerprint density at radius 2 is 1.19 bits per heavy atom. The van der Waals surface area contributed by atoms with Crippen LogP contribution >= 0.6 is 23.5 Å². The van der Waals surface area contributed by atoms with Crippen LogP contribution in [0, 0.1) is 23.5 Å². The van der Waals surface area contributed by atoms with Crippen molar-refractivity contribution in [1.29, 1.82) is 0 Å². The summed E-state index contributed by atoms with van der Waals surface area (Å²) in [5, 5.41) is 0. The maximum atomic E-state index is 16.8. The second-order valence-electron chi connectivity index (χ2n) is 10.6. The fourth-order valence-corrected chi connectivity index (χ4v) is 7.94. The van der Waals surface area contributed by atoms with Crippen LogP contribution in [0.15, 0.2) is 12.1 Å². The quantitative estimate of drug-likeness (QED) is 0.200. The van der Waals surface area contributed by atoms with Gasteiger partial charge in [-0.3, -0.25) is 4.90 Å². The monoisotopic (exact) mass is 556 g/mol. The lowest BCUT2D eigenvalue weighted by molar-refractivity contribution is 0.106. The molecule has 0 radical (unpaired) electrons. The highest BCUT2D eigenvalue weighted by Gasteiger charge is 2.49. The molecule has 1 atom stereocenters. The molecule has 4 rings (SSSR count). The topological polar surface area (TPSA) is 16.1 Å². The molecule has 2 aliphatic rings. The van der Waals surface area contributed by atoms with Crippen LogP contribution in [0.4, 0.5) is 22.0 Å². The second kappa shape index (κ2) is 10.9. The van der Waals surface area contributed by atoms with Crippen molar-refractivity contribution in [3.63, 3.8) is 0 Å². The number of hydrogen-bond donors (Lipinski definition) is 0. The van der Waals surface area contributed by atoms with E-state index in [0.717, 1.165) is 47.7 Å². The molecule has 1 fully saturated rings. The summed E-state index contributed by atoms with van der Waals surface area (Å²) in [6.45, 7) is 13.2. The Kier molecular flexibility index (Phi) is 8.37. The number of thioether (sulfide) groups is 2. The van der Waals surface area contributed by atoms with Crippen molar-refractivity contribution >= 4 is 33.3 Å². The fourth-order valence-electron chi connectivity index (χ4n) is 4.89. The van der Waals surface area contributed by atoms with E-state index in [1.807, 2.05) is 27.7 Å². The molecular weight excluding hydrogens is 523 g/mol. The van der Waals surface area contributed by atoms with Crippen molar-refractivity contribution in [1.82, 2.24) is 9.88 Å². The first-order chi connectivity index (χ1) is 17.4. The summed E-state index contributed by atoms with van der Waals surface area (Å²) < 4.78 is 73.5. The molecular formula is C28H33F5N2S2. The molecule has 1 saturated heterocycles. The van der Waals surface area contributed by atoms with Crippen molar-refractivity contribution in [3.05, 3.63) is 63.5 Å². The summed E-state index contributed by atoms with van der Waals surface area (Å²) >= 11 is 1.52. The van der Waals surface area contributed by atoms with Crippen LogP contribution in [-0.4, -0.2) is 27.4 Å². The lowest BCUT2D eigenvalue weighted by Crippen LogP contribution is -2.42. The van der Waals surface area contributed by atoms with Crippen LogP contribution in [0.25, 0.3) is 9.81 Å². The Labute approximate surface area is 224 Å². The normalized spacial score (nSPS) is 21.2. The number of nitrogens with zero attached hydrogens (tertiary/aromatic N) is 2. The smallest absolute Gasteiger partial charge is 0.253 e. The first kappa shape index (κ1) is 28.4. The van der Waals surface area contributed by atoms with Gasteiger partial charge >= 0.3 is 0 Å². The first-order valence-electron chi connectivity index (χ1n) is 12.8. The van der Waals surface area contributed by atoms with Crippen molar-refractivity contribution in [3.8, 4) is 0 Å². The fraction of sp³-hybridized carbons (Fsp3) is 0.536. The Balaban J connectivity index is 2.05. The minimum absolute atomic E-state index is 0.00996. The van der Waals surface area contributed by atoms with Crippen molar-refractivity contribution < 1.29 is 22.0 Å². The average Bonchev–Trinajstić information content (AvgIpc) is 3.20. The van der Waals surface area contributed by atoms with Crippen molar-refractivity contribution in [2.24, 2.45) is 0 Å². The predicted octanol–water partition coefficient (Wildman–Crippen LogP) is 9.38. The van der Waals surface area contributed by atoms with Gasteiger partial charge in [-0.1, -0.05) is 83.6 Å². The van der Waals surface area contributed by atoms with Crippen LogP contribution in [0.2, 0.25) is 0 Å². The Bertz CT molecular complexity index is 1170. The molecule has 2 aromatic rings. The van der Waals surface area contributed by atoms with E-state index < -0.39 is 33.6 Å². The molecule has 0 spiro atoms. The number of piperidine rings is 1. The number of rotatable bonds is 6. The third-order valence-electron chi connectivity index (χ3n) is 6.98. The Hall–Kier alpha value is -1.58. The van der Waals surface area contributed by atoms with E-state index in [2.05, 4.69) is 31.0 Å². The number of hydrogen-bond acceptors (Lipinski definition) is 4. The minimum Gasteiger partial charge on any atom is -0.253 e. The molecule has 37 heavy (non-hydrogen) atoms. The highest BCUT2D eigenvalue weighted by molar-refractivity contribution is 8.30. The van der Waals surface area contributed by atoms with Gasteiger partial charge in [0.25, 0.3) is 16.4 Å². The van der Waals surface area contributed by atoms with E-state index in [-0.39, 0.29) is 22.7 Å². The van der Waals surface area contributed by atoms with Gasteiger partial charge in [-0.05, 0) is 52.8 Å². The minimum atomic E-state index is -2.07. The predicted molar refractivity (Wildman–Crippen MR) is 144 cm³/mol. The molecule has 2 nitrogen and oxygen atoms in total. The summed E-state index contributed by atoms with van der Waals surface area (Å²) in [5.41, 5.74) is 2.72. The molecule has 2 aliphatic heterocycles. The third kappa shape index (κ3) is 5.33. The van der Waals surface area contributed by atoms with Gasteiger partial charge in [0.15, 0.2) is 11.6 Å². The lowest BCUT2D eigenvalue weighted by atomic mass is 9.84. The molecule has 0 N–H and O–H groups in total. The summed E-state index contributed by atoms with van der Waals surface area (Å²) in [6.07, 6.45) is 2.58. The van der Waals surface area contributed by atoms with E-state index in [4.69, 9.17) is 0 Å². The van der Waals surface area contributed by atoms with E-state index in [1.54, 1.807) is 4.90 Å². The molecule has 0 amide bonds. The van der Waals surface area contributed by atoms with Gasteiger partial charge in [0.1, 0.15) is 0 Å². The summed E-state index contributed by atoms with van der Waals surface area (Å²) in [7, 11) is 0. The zero-order valence-corrected chi connectivity index (χ0v) is 23.7. The summed E-state index contributed by atoms with van der Waals surface area (Å²) in [5.74, 6) is -6.47. The lowest BCUT2D eigenvalue weighted by Gasteiger charge is -2.36. The van der Waals surface area contributed by atoms with E-state index in [1.165, 1.54) is 0 Å². The van der Waals surface area contributed by atoms with Crippen LogP contribution < -0.4 is 0 Å². The van der Waals surface area contributed by atoms with Gasteiger partial charge in [-0.2, -0.15) is 13.8 Å². The first-order valence-corrected chi connectivity index (χ1v) is 14.4. The second-order valence-corrected chi connectivity index (χ2v) is 13.2. The number of pyridine rings is 1. The standard InChI is InChI=1S/C28H33F5N2S2/c1-14(2)17-12-18(15(3)4)20(19(13-17)16(5)6)24-25(21-22(29)26(31)34-27(32)23(21)30)37-28(33,36-24)35-10-8-7-9-11-35/h12-16H,7-11H2,1-6H3. The Morgan fingerprint density at radius 3 is 1.62 bits per heavy atom. The number of aromatic nitrogens is 1. The van der Waals surface area contributed by atoms with Gasteiger partial charge in [0.05, 0.1) is 5.56 Å². The van der Waals surface area contributed by atoms with Gasteiger partial charge in [-0.25, -0.2) is 13.2 Å². The molecule has 1 aromatic carbocycles. The number of likely N-dealkylation sites (tertiary alicyclic amines) is 1. The Morgan fingerprint density at radius 1 is 0.730 bits per heavy atom. The van der Waals surface area contributed by atoms with Gasteiger partial charge in [0.2, 0.25) is 0 Å². The molecule has 0 bridgehead atoms. The maximum Gasteiger partial charge on any atom is 0.267 e. The zero-order valence-electron chi connectivity index (χ0n) is 22.0. The van der Waals surface area contributed by atoms with Crippen LogP contribution in [0.5, 0.6) is 0 Å². The van der Waals surface area contributed by atoms with Gasteiger partial charge in [-0.15, -0.1) is 0 Å². The van der Waals surface area contributed by atoms with Crippen LogP contribution in [0.3, 0.4) is 0 Å². The number of benzene rings is 1.